The normalized spacial score (nSPS) is 10.4. The van der Waals surface area contributed by atoms with E-state index in [-0.39, 0.29) is 0 Å². The predicted molar refractivity (Wildman–Crippen MR) is 125 cm³/mol. The van der Waals surface area contributed by atoms with Gasteiger partial charge in [0.05, 0.1) is 6.61 Å². The molecule has 4 heteroatoms. The quantitative estimate of drug-likeness (QED) is 0.481. The molecule has 0 aliphatic heterocycles. The van der Waals surface area contributed by atoms with Crippen LogP contribution in [0.2, 0.25) is 0 Å². The maximum absolute atomic E-state index is 5.84. The van der Waals surface area contributed by atoms with Crippen LogP contribution in [0.3, 0.4) is 0 Å². The van der Waals surface area contributed by atoms with Crippen LogP contribution in [-0.4, -0.2) is 16.6 Å². The van der Waals surface area contributed by atoms with Gasteiger partial charge in [-0.1, -0.05) is 60.7 Å². The van der Waals surface area contributed by atoms with E-state index in [1.54, 1.807) is 0 Å². The third-order valence-corrected chi connectivity index (χ3v) is 5.13. The van der Waals surface area contributed by atoms with Crippen molar-refractivity contribution >= 4 is 23.0 Å². The average molecular weight is 405 g/mol. The van der Waals surface area contributed by atoms with Gasteiger partial charge in [0.15, 0.2) is 5.11 Å². The van der Waals surface area contributed by atoms with Crippen LogP contribution in [0.15, 0.2) is 72.8 Å². The summed E-state index contributed by atoms with van der Waals surface area (Å²) in [6, 6.07) is 24.9. The molecule has 0 amide bonds. The molecule has 0 aromatic heterocycles. The van der Waals surface area contributed by atoms with Crippen molar-refractivity contribution < 1.29 is 4.74 Å². The molecule has 0 saturated heterocycles. The Morgan fingerprint density at radius 2 is 1.66 bits per heavy atom. The molecular formula is C25H28N2OS. The van der Waals surface area contributed by atoms with Crippen molar-refractivity contribution in [2.24, 2.45) is 0 Å². The van der Waals surface area contributed by atoms with Crippen LogP contribution < -0.4 is 10.1 Å². The smallest absolute Gasteiger partial charge is 0.174 e. The van der Waals surface area contributed by atoms with Gasteiger partial charge in [0, 0.05) is 24.3 Å². The Hall–Kier alpha value is -2.85. The highest BCUT2D eigenvalue weighted by Crippen LogP contribution is 2.23. The van der Waals surface area contributed by atoms with Crippen molar-refractivity contribution in [3.63, 3.8) is 0 Å². The molecule has 0 aliphatic carbocycles. The first-order valence-electron chi connectivity index (χ1n) is 9.94. The van der Waals surface area contributed by atoms with Gasteiger partial charge in [0.1, 0.15) is 5.75 Å². The molecule has 3 nitrogen and oxygen atoms in total. The summed E-state index contributed by atoms with van der Waals surface area (Å²) in [6.07, 6.45) is 0. The second-order valence-electron chi connectivity index (χ2n) is 7.13. The fraction of sp³-hybridized carbons (Fsp3) is 0.240. The number of ether oxygens (including phenoxy) is 1. The Labute approximate surface area is 179 Å². The van der Waals surface area contributed by atoms with Gasteiger partial charge < -0.3 is 15.0 Å². The third-order valence-electron chi connectivity index (χ3n) is 4.77. The Bertz CT molecular complexity index is 956. The number of hydrogen-bond acceptors (Lipinski definition) is 2. The molecule has 3 aromatic carbocycles. The highest BCUT2D eigenvalue weighted by atomic mass is 32.1. The van der Waals surface area contributed by atoms with E-state index >= 15 is 0 Å². The van der Waals surface area contributed by atoms with Gasteiger partial charge in [-0.05, 0) is 61.8 Å². The molecule has 0 radical (unpaired) electrons. The number of nitrogens with one attached hydrogen (secondary N) is 1. The highest BCUT2D eigenvalue weighted by Gasteiger charge is 2.15. The van der Waals surface area contributed by atoms with Gasteiger partial charge in [-0.3, -0.25) is 0 Å². The first-order chi connectivity index (χ1) is 14.1. The summed E-state index contributed by atoms with van der Waals surface area (Å²) in [5.74, 6) is 0.905. The van der Waals surface area contributed by atoms with Gasteiger partial charge in [-0.15, -0.1) is 0 Å². The largest absolute Gasteiger partial charge is 0.494 e. The lowest BCUT2D eigenvalue weighted by Gasteiger charge is -2.27. The van der Waals surface area contributed by atoms with E-state index in [0.29, 0.717) is 18.3 Å². The zero-order valence-electron chi connectivity index (χ0n) is 17.3. The van der Waals surface area contributed by atoms with Crippen molar-refractivity contribution in [1.82, 2.24) is 4.90 Å². The zero-order valence-corrected chi connectivity index (χ0v) is 18.1. The molecule has 0 aliphatic rings. The Kier molecular flexibility index (Phi) is 7.25. The number of thiocarbonyl (C=S) groups is 1. The van der Waals surface area contributed by atoms with Crippen LogP contribution in [0.25, 0.3) is 0 Å². The highest BCUT2D eigenvalue weighted by molar-refractivity contribution is 7.80. The van der Waals surface area contributed by atoms with E-state index in [4.69, 9.17) is 17.0 Å². The van der Waals surface area contributed by atoms with Crippen LogP contribution in [0.4, 0.5) is 5.69 Å². The SMILES string of the molecule is CCOc1ccccc1CN(Cc1ccccc1)C(=S)Nc1cc(C)ccc1C. The van der Waals surface area contributed by atoms with Crippen LogP contribution in [0, 0.1) is 13.8 Å². The van der Waals surface area contributed by atoms with Crippen molar-refractivity contribution in [1.29, 1.82) is 0 Å². The molecule has 3 aromatic rings. The Balaban J connectivity index is 1.86. The minimum absolute atomic E-state index is 0.640. The number of aryl methyl sites for hydroxylation is 2. The molecular weight excluding hydrogens is 376 g/mol. The topological polar surface area (TPSA) is 24.5 Å². The van der Waals surface area contributed by atoms with Gasteiger partial charge in [-0.2, -0.15) is 0 Å². The number of benzene rings is 3. The first-order valence-corrected chi connectivity index (χ1v) is 10.4. The molecule has 0 atom stereocenters. The standard InChI is InChI=1S/C25H28N2OS/c1-4-28-24-13-9-8-12-22(24)18-27(17-21-10-6-5-7-11-21)25(29)26-23-16-19(2)14-15-20(23)3/h5-16H,4,17-18H2,1-3H3,(H,26,29). The Morgan fingerprint density at radius 1 is 0.931 bits per heavy atom. The molecule has 150 valence electrons. The van der Waals surface area contributed by atoms with E-state index in [0.717, 1.165) is 23.5 Å². The van der Waals surface area contributed by atoms with E-state index in [2.05, 4.69) is 72.6 Å². The van der Waals surface area contributed by atoms with Crippen LogP contribution in [0.5, 0.6) is 5.75 Å². The molecule has 29 heavy (non-hydrogen) atoms. The minimum atomic E-state index is 0.640. The lowest BCUT2D eigenvalue weighted by Crippen LogP contribution is -2.34. The molecule has 0 unspecified atom stereocenters. The predicted octanol–water partition coefficient (Wildman–Crippen LogP) is 6.10. The number of rotatable bonds is 7. The summed E-state index contributed by atoms with van der Waals surface area (Å²) in [5, 5.41) is 4.16. The van der Waals surface area contributed by atoms with E-state index < -0.39 is 0 Å². The molecule has 3 rings (SSSR count). The van der Waals surface area contributed by atoms with Crippen molar-refractivity contribution in [2.75, 3.05) is 11.9 Å². The van der Waals surface area contributed by atoms with E-state index in [1.807, 2.05) is 31.2 Å². The average Bonchev–Trinajstić information content (AvgIpc) is 2.72. The maximum atomic E-state index is 5.84. The number of para-hydroxylation sites is 1. The second kappa shape index (κ2) is 10.1. The summed E-state index contributed by atoms with van der Waals surface area (Å²) < 4.78 is 5.83. The summed E-state index contributed by atoms with van der Waals surface area (Å²) in [7, 11) is 0. The lowest BCUT2D eigenvalue weighted by molar-refractivity contribution is 0.327. The van der Waals surface area contributed by atoms with E-state index in [9.17, 15) is 0 Å². The molecule has 0 spiro atoms. The van der Waals surface area contributed by atoms with Crippen molar-refractivity contribution in [3.05, 3.63) is 95.1 Å². The van der Waals surface area contributed by atoms with Gasteiger partial charge in [0.25, 0.3) is 0 Å². The summed E-state index contributed by atoms with van der Waals surface area (Å²) in [4.78, 5) is 2.18. The van der Waals surface area contributed by atoms with Crippen molar-refractivity contribution in [2.45, 2.75) is 33.9 Å². The van der Waals surface area contributed by atoms with Gasteiger partial charge >= 0.3 is 0 Å². The molecule has 0 saturated carbocycles. The van der Waals surface area contributed by atoms with Crippen molar-refractivity contribution in [3.8, 4) is 5.75 Å². The summed E-state index contributed by atoms with van der Waals surface area (Å²) >= 11 is 5.84. The first kappa shape index (κ1) is 20.9. The van der Waals surface area contributed by atoms with Crippen LogP contribution in [-0.2, 0) is 13.1 Å². The maximum Gasteiger partial charge on any atom is 0.174 e. The molecule has 0 fully saturated rings. The van der Waals surface area contributed by atoms with E-state index in [1.165, 1.54) is 16.7 Å². The molecule has 0 heterocycles. The minimum Gasteiger partial charge on any atom is -0.494 e. The number of anilines is 1. The molecule has 0 bridgehead atoms. The summed E-state index contributed by atoms with van der Waals surface area (Å²) in [6.45, 7) is 8.22. The number of hydrogen-bond donors (Lipinski definition) is 1. The van der Waals surface area contributed by atoms with Crippen LogP contribution in [0.1, 0.15) is 29.2 Å². The number of nitrogens with zero attached hydrogens (tertiary/aromatic N) is 1. The van der Waals surface area contributed by atoms with Gasteiger partial charge in [0.2, 0.25) is 0 Å². The fourth-order valence-corrected chi connectivity index (χ4v) is 3.44. The lowest BCUT2D eigenvalue weighted by atomic mass is 10.1. The fourth-order valence-electron chi connectivity index (χ4n) is 3.20. The zero-order chi connectivity index (χ0) is 20.6. The monoisotopic (exact) mass is 404 g/mol. The molecule has 1 N–H and O–H groups in total. The Morgan fingerprint density at radius 3 is 2.41 bits per heavy atom. The van der Waals surface area contributed by atoms with Crippen LogP contribution >= 0.6 is 12.2 Å². The second-order valence-corrected chi connectivity index (χ2v) is 7.52. The summed E-state index contributed by atoms with van der Waals surface area (Å²) in [5.41, 5.74) is 5.76. The van der Waals surface area contributed by atoms with Gasteiger partial charge in [-0.25, -0.2) is 0 Å². The third kappa shape index (κ3) is 5.81.